The van der Waals surface area contributed by atoms with Gasteiger partial charge in [0, 0.05) is 13.7 Å². The van der Waals surface area contributed by atoms with Crippen molar-refractivity contribution in [3.8, 4) is 6.07 Å². The van der Waals surface area contributed by atoms with Crippen molar-refractivity contribution in [2.75, 3.05) is 19.0 Å². The van der Waals surface area contributed by atoms with Crippen LogP contribution >= 0.6 is 11.6 Å². The van der Waals surface area contributed by atoms with Crippen molar-refractivity contribution in [2.45, 2.75) is 24.9 Å². The zero-order valence-electron chi connectivity index (χ0n) is 9.66. The topological polar surface area (TPSA) is 57.9 Å². The van der Waals surface area contributed by atoms with E-state index >= 15 is 0 Å². The predicted molar refractivity (Wildman–Crippen MR) is 66.0 cm³/mol. The van der Waals surface area contributed by atoms with Gasteiger partial charge in [0.2, 0.25) is 0 Å². The van der Waals surface area contributed by atoms with Gasteiger partial charge >= 0.3 is 0 Å². The summed E-state index contributed by atoms with van der Waals surface area (Å²) in [7, 11) is 1.73. The van der Waals surface area contributed by atoms with Crippen molar-refractivity contribution in [1.82, 2.24) is 4.98 Å². The number of aromatic nitrogens is 1. The number of hydrogen-bond acceptors (Lipinski definition) is 4. The van der Waals surface area contributed by atoms with Gasteiger partial charge < -0.3 is 10.1 Å². The molecule has 0 unspecified atom stereocenters. The Labute approximate surface area is 106 Å². The van der Waals surface area contributed by atoms with Crippen LogP contribution in [0, 0.1) is 11.3 Å². The molecule has 4 nitrogen and oxygen atoms in total. The molecular weight excluding hydrogens is 238 g/mol. The van der Waals surface area contributed by atoms with Crippen LogP contribution in [0.4, 0.5) is 5.82 Å². The van der Waals surface area contributed by atoms with Gasteiger partial charge in [-0.15, -0.1) is 0 Å². The Balaban J connectivity index is 2.02. The summed E-state index contributed by atoms with van der Waals surface area (Å²) in [5.41, 5.74) is 0.186. The van der Waals surface area contributed by atoms with Crippen LogP contribution in [-0.2, 0) is 4.74 Å². The first kappa shape index (κ1) is 12.2. The molecule has 1 aliphatic rings. The summed E-state index contributed by atoms with van der Waals surface area (Å²) in [6.07, 6.45) is 3.33. The Morgan fingerprint density at radius 2 is 2.35 bits per heavy atom. The number of rotatable bonds is 4. The number of nitrogens with zero attached hydrogens (tertiary/aromatic N) is 2. The van der Waals surface area contributed by atoms with E-state index in [1.54, 1.807) is 19.2 Å². The molecule has 0 atom stereocenters. The summed E-state index contributed by atoms with van der Waals surface area (Å²) in [6, 6.07) is 5.41. The molecule has 1 aromatic heterocycles. The van der Waals surface area contributed by atoms with Gasteiger partial charge in [-0.05, 0) is 31.4 Å². The molecule has 0 aliphatic heterocycles. The van der Waals surface area contributed by atoms with Crippen molar-refractivity contribution in [3.63, 3.8) is 0 Å². The van der Waals surface area contributed by atoms with E-state index in [1.807, 2.05) is 6.07 Å². The number of methoxy groups -OCH3 is 1. The zero-order chi connectivity index (χ0) is 12.3. The van der Waals surface area contributed by atoms with E-state index in [1.165, 1.54) is 6.42 Å². The number of halogens is 1. The summed E-state index contributed by atoms with van der Waals surface area (Å²) in [5.74, 6) is 0.661. The van der Waals surface area contributed by atoms with Gasteiger partial charge in [0.1, 0.15) is 11.9 Å². The minimum absolute atomic E-state index is 0.0614. The number of anilines is 1. The molecule has 0 spiro atoms. The second kappa shape index (κ2) is 4.91. The Bertz CT molecular complexity index is 446. The highest BCUT2D eigenvalue weighted by Crippen LogP contribution is 2.35. The van der Waals surface area contributed by atoms with E-state index in [-0.39, 0.29) is 11.3 Å². The zero-order valence-corrected chi connectivity index (χ0v) is 10.4. The first-order valence-corrected chi connectivity index (χ1v) is 5.93. The minimum Gasteiger partial charge on any atom is -0.376 e. The van der Waals surface area contributed by atoms with Crippen molar-refractivity contribution in [1.29, 1.82) is 5.26 Å². The van der Waals surface area contributed by atoms with Gasteiger partial charge in [-0.3, -0.25) is 0 Å². The Kier molecular flexibility index (Phi) is 3.51. The van der Waals surface area contributed by atoms with E-state index in [9.17, 15) is 0 Å². The van der Waals surface area contributed by atoms with Crippen LogP contribution in [-0.4, -0.2) is 24.2 Å². The third kappa shape index (κ3) is 2.51. The van der Waals surface area contributed by atoms with Crippen LogP contribution in [0.1, 0.15) is 25.0 Å². The molecule has 0 saturated heterocycles. The number of ether oxygens (including phenoxy) is 1. The minimum atomic E-state index is -0.0614. The van der Waals surface area contributed by atoms with Crippen LogP contribution in [0.5, 0.6) is 0 Å². The van der Waals surface area contributed by atoms with Crippen LogP contribution in [0.3, 0.4) is 0 Å². The molecule has 1 N–H and O–H groups in total. The Morgan fingerprint density at radius 1 is 1.59 bits per heavy atom. The molecule has 1 saturated carbocycles. The van der Waals surface area contributed by atoms with E-state index in [0.29, 0.717) is 17.4 Å². The summed E-state index contributed by atoms with van der Waals surface area (Å²) in [6.45, 7) is 0.711. The molecule has 1 fully saturated rings. The van der Waals surface area contributed by atoms with Crippen LogP contribution < -0.4 is 5.32 Å². The highest BCUT2D eigenvalue weighted by Gasteiger charge is 2.36. The fourth-order valence-electron chi connectivity index (χ4n) is 1.89. The lowest BCUT2D eigenvalue weighted by atomic mass is 9.80. The molecule has 90 valence electrons. The quantitative estimate of drug-likeness (QED) is 0.894. The summed E-state index contributed by atoms with van der Waals surface area (Å²) in [4.78, 5) is 4.13. The summed E-state index contributed by atoms with van der Waals surface area (Å²) >= 11 is 5.81. The van der Waals surface area contributed by atoms with E-state index < -0.39 is 0 Å². The van der Waals surface area contributed by atoms with Gasteiger partial charge in [0.25, 0.3) is 0 Å². The van der Waals surface area contributed by atoms with E-state index in [0.717, 1.165) is 12.8 Å². The maximum atomic E-state index is 8.83. The SMILES string of the molecule is COC1(CNc2ccc(Cl)c(C#N)n2)CCC1. The van der Waals surface area contributed by atoms with Crippen molar-refractivity contribution < 1.29 is 4.74 Å². The molecule has 0 radical (unpaired) electrons. The van der Waals surface area contributed by atoms with Gasteiger partial charge in [-0.1, -0.05) is 11.6 Å². The molecule has 0 aromatic carbocycles. The highest BCUT2D eigenvalue weighted by atomic mass is 35.5. The maximum Gasteiger partial charge on any atom is 0.161 e. The van der Waals surface area contributed by atoms with Crippen LogP contribution in [0.2, 0.25) is 5.02 Å². The molecule has 1 heterocycles. The van der Waals surface area contributed by atoms with Crippen LogP contribution in [0.25, 0.3) is 0 Å². The molecule has 0 amide bonds. The molecule has 1 aliphatic carbocycles. The average Bonchev–Trinajstić information content (AvgIpc) is 2.30. The number of hydrogen-bond donors (Lipinski definition) is 1. The van der Waals surface area contributed by atoms with Crippen LogP contribution in [0.15, 0.2) is 12.1 Å². The van der Waals surface area contributed by atoms with Crippen molar-refractivity contribution >= 4 is 17.4 Å². The van der Waals surface area contributed by atoms with E-state index in [2.05, 4.69) is 10.3 Å². The van der Waals surface area contributed by atoms with Crippen molar-refractivity contribution in [2.24, 2.45) is 0 Å². The number of nitrogens with one attached hydrogen (secondary N) is 1. The fourth-order valence-corrected chi connectivity index (χ4v) is 2.04. The normalized spacial score (nSPS) is 17.0. The molecule has 2 rings (SSSR count). The Hall–Kier alpha value is -1.31. The summed E-state index contributed by atoms with van der Waals surface area (Å²) < 4.78 is 5.49. The molecule has 0 bridgehead atoms. The first-order valence-electron chi connectivity index (χ1n) is 5.55. The standard InChI is InChI=1S/C12H14ClN3O/c1-17-12(5-2-6-12)8-15-11-4-3-9(13)10(7-14)16-11/h3-4H,2,5-6,8H2,1H3,(H,15,16). The lowest BCUT2D eigenvalue weighted by molar-refractivity contribution is -0.0601. The third-order valence-electron chi connectivity index (χ3n) is 3.24. The van der Waals surface area contributed by atoms with E-state index in [4.69, 9.17) is 21.6 Å². The highest BCUT2D eigenvalue weighted by molar-refractivity contribution is 6.31. The Morgan fingerprint density at radius 3 is 2.88 bits per heavy atom. The van der Waals surface area contributed by atoms with Gasteiger partial charge in [0.15, 0.2) is 5.69 Å². The second-order valence-corrected chi connectivity index (χ2v) is 4.64. The van der Waals surface area contributed by atoms with Gasteiger partial charge in [-0.25, -0.2) is 4.98 Å². The lowest BCUT2D eigenvalue weighted by Crippen LogP contribution is -2.45. The molecular formula is C12H14ClN3O. The fraction of sp³-hybridized carbons (Fsp3) is 0.500. The largest absolute Gasteiger partial charge is 0.376 e. The maximum absolute atomic E-state index is 8.83. The lowest BCUT2D eigenvalue weighted by Gasteiger charge is -2.40. The number of nitriles is 1. The first-order chi connectivity index (χ1) is 8.19. The predicted octanol–water partition coefficient (Wildman–Crippen LogP) is 2.59. The van der Waals surface area contributed by atoms with Gasteiger partial charge in [0.05, 0.1) is 10.6 Å². The third-order valence-corrected chi connectivity index (χ3v) is 3.55. The smallest absolute Gasteiger partial charge is 0.161 e. The monoisotopic (exact) mass is 251 g/mol. The second-order valence-electron chi connectivity index (χ2n) is 4.23. The number of pyridine rings is 1. The molecule has 1 aromatic rings. The molecule has 17 heavy (non-hydrogen) atoms. The van der Waals surface area contributed by atoms with Gasteiger partial charge in [-0.2, -0.15) is 5.26 Å². The summed E-state index contributed by atoms with van der Waals surface area (Å²) in [5, 5.41) is 12.4. The average molecular weight is 252 g/mol. The van der Waals surface area contributed by atoms with Crippen molar-refractivity contribution in [3.05, 3.63) is 22.8 Å². The molecule has 5 heteroatoms.